The van der Waals surface area contributed by atoms with E-state index in [1.807, 2.05) is 0 Å². The maximum Gasteiger partial charge on any atom is 0.261 e. The molecule has 4 heteroatoms. The van der Waals surface area contributed by atoms with Crippen molar-refractivity contribution in [2.45, 2.75) is 64.3 Å². The highest BCUT2D eigenvalue weighted by atomic mass is 32.1. The molecule has 1 aromatic heterocycles. The van der Waals surface area contributed by atoms with Gasteiger partial charge in [-0.05, 0) is 43.7 Å². The lowest BCUT2D eigenvalue weighted by atomic mass is 10.1. The van der Waals surface area contributed by atoms with E-state index in [1.165, 1.54) is 29.7 Å². The number of hydrogen-bond acceptors (Lipinski definition) is 3. The predicted octanol–water partition coefficient (Wildman–Crippen LogP) is 3.26. The highest BCUT2D eigenvalue weighted by Crippen LogP contribution is 2.29. The van der Waals surface area contributed by atoms with Crippen molar-refractivity contribution in [1.82, 2.24) is 5.32 Å². The lowest BCUT2D eigenvalue weighted by Crippen LogP contribution is -2.39. The first-order valence-corrected chi connectivity index (χ1v) is 8.68. The van der Waals surface area contributed by atoms with Crippen molar-refractivity contribution in [1.29, 1.82) is 0 Å². The normalized spacial score (nSPS) is 16.3. The van der Waals surface area contributed by atoms with Gasteiger partial charge in [0.15, 0.2) is 0 Å². The van der Waals surface area contributed by atoms with Gasteiger partial charge < -0.3 is 11.1 Å². The third-order valence-electron chi connectivity index (χ3n) is 4.00. The largest absolute Gasteiger partial charge is 0.347 e. The number of nitrogens with two attached hydrogens (primary N) is 1. The molecule has 0 spiro atoms. The minimum Gasteiger partial charge on any atom is -0.347 e. The standard InChI is InChI=1S/C16H26N2OS/c1-2-3-8-13(11-17)18-16(19)15-10-12-7-5-4-6-9-14(12)20-15/h10,13H,2-9,11,17H2,1H3,(H,18,19). The number of unbranched alkanes of at least 4 members (excludes halogenated alkanes) is 1. The molecular formula is C16H26N2OS. The molecule has 0 bridgehead atoms. The molecule has 0 saturated heterocycles. The molecule has 1 amide bonds. The Morgan fingerprint density at radius 1 is 1.40 bits per heavy atom. The van der Waals surface area contributed by atoms with Crippen LogP contribution in [0.3, 0.4) is 0 Å². The van der Waals surface area contributed by atoms with Crippen LogP contribution in [0.1, 0.15) is 65.6 Å². The number of amides is 1. The lowest BCUT2D eigenvalue weighted by molar-refractivity contribution is 0.0940. The molecule has 3 nitrogen and oxygen atoms in total. The Hall–Kier alpha value is -0.870. The van der Waals surface area contributed by atoms with Crippen molar-refractivity contribution in [3.05, 3.63) is 21.4 Å². The summed E-state index contributed by atoms with van der Waals surface area (Å²) >= 11 is 1.68. The van der Waals surface area contributed by atoms with E-state index >= 15 is 0 Å². The van der Waals surface area contributed by atoms with Gasteiger partial charge in [0.25, 0.3) is 5.91 Å². The molecule has 1 aliphatic rings. The zero-order valence-corrected chi connectivity index (χ0v) is 13.2. The van der Waals surface area contributed by atoms with Gasteiger partial charge in [0, 0.05) is 17.5 Å². The molecule has 3 N–H and O–H groups in total. The van der Waals surface area contributed by atoms with Crippen LogP contribution in [0.25, 0.3) is 0 Å². The molecule has 1 atom stereocenters. The smallest absolute Gasteiger partial charge is 0.261 e. The maximum absolute atomic E-state index is 12.3. The molecule has 20 heavy (non-hydrogen) atoms. The zero-order valence-electron chi connectivity index (χ0n) is 12.4. The summed E-state index contributed by atoms with van der Waals surface area (Å²) in [5.41, 5.74) is 7.15. The van der Waals surface area contributed by atoms with Gasteiger partial charge in [0.1, 0.15) is 0 Å². The van der Waals surface area contributed by atoms with E-state index in [1.54, 1.807) is 11.3 Å². The van der Waals surface area contributed by atoms with Crippen LogP contribution in [0.2, 0.25) is 0 Å². The average Bonchev–Trinajstić information content (AvgIpc) is 2.74. The molecule has 1 heterocycles. The monoisotopic (exact) mass is 294 g/mol. The SMILES string of the molecule is CCCCC(CN)NC(=O)c1cc2c(s1)CCCCC2. The topological polar surface area (TPSA) is 55.1 Å². The zero-order chi connectivity index (χ0) is 14.4. The average molecular weight is 294 g/mol. The molecule has 0 saturated carbocycles. The molecular weight excluding hydrogens is 268 g/mol. The first-order chi connectivity index (χ1) is 9.74. The third kappa shape index (κ3) is 4.06. The van der Waals surface area contributed by atoms with Crippen molar-refractivity contribution >= 4 is 17.2 Å². The first kappa shape index (κ1) is 15.5. The van der Waals surface area contributed by atoms with Crippen molar-refractivity contribution in [2.24, 2.45) is 5.73 Å². The molecule has 0 aliphatic heterocycles. The van der Waals surface area contributed by atoms with Crippen molar-refractivity contribution in [3.63, 3.8) is 0 Å². The van der Waals surface area contributed by atoms with Crippen LogP contribution in [0.5, 0.6) is 0 Å². The van der Waals surface area contributed by atoms with Gasteiger partial charge in [0.05, 0.1) is 4.88 Å². The van der Waals surface area contributed by atoms with Crippen LogP contribution in [-0.4, -0.2) is 18.5 Å². The lowest BCUT2D eigenvalue weighted by Gasteiger charge is -2.15. The molecule has 1 unspecified atom stereocenters. The summed E-state index contributed by atoms with van der Waals surface area (Å²) in [7, 11) is 0. The minimum absolute atomic E-state index is 0.0645. The highest BCUT2D eigenvalue weighted by molar-refractivity contribution is 7.14. The summed E-state index contributed by atoms with van der Waals surface area (Å²) in [6.45, 7) is 2.68. The van der Waals surface area contributed by atoms with Gasteiger partial charge in [0.2, 0.25) is 0 Å². The Balaban J connectivity index is 1.98. The van der Waals surface area contributed by atoms with E-state index < -0.39 is 0 Å². The third-order valence-corrected chi connectivity index (χ3v) is 5.23. The van der Waals surface area contributed by atoms with Crippen LogP contribution in [-0.2, 0) is 12.8 Å². The molecule has 0 aromatic carbocycles. The van der Waals surface area contributed by atoms with Gasteiger partial charge in [-0.1, -0.05) is 26.2 Å². The fraction of sp³-hybridized carbons (Fsp3) is 0.688. The number of nitrogens with one attached hydrogen (secondary N) is 1. The Bertz CT molecular complexity index is 418. The van der Waals surface area contributed by atoms with Crippen molar-refractivity contribution in [2.75, 3.05) is 6.54 Å². The van der Waals surface area contributed by atoms with Gasteiger partial charge in [-0.25, -0.2) is 0 Å². The maximum atomic E-state index is 12.3. The molecule has 112 valence electrons. The summed E-state index contributed by atoms with van der Waals surface area (Å²) < 4.78 is 0. The molecule has 1 aliphatic carbocycles. The van der Waals surface area contributed by atoms with Crippen LogP contribution >= 0.6 is 11.3 Å². The van der Waals surface area contributed by atoms with E-state index in [4.69, 9.17) is 5.73 Å². The van der Waals surface area contributed by atoms with Crippen LogP contribution in [0.4, 0.5) is 0 Å². The quantitative estimate of drug-likeness (QED) is 0.791. The van der Waals surface area contributed by atoms with Gasteiger partial charge in [-0.3, -0.25) is 4.79 Å². The molecule has 1 aromatic rings. The van der Waals surface area contributed by atoms with Gasteiger partial charge in [-0.2, -0.15) is 0 Å². The van der Waals surface area contributed by atoms with Gasteiger partial charge >= 0.3 is 0 Å². The van der Waals surface area contributed by atoms with Gasteiger partial charge in [-0.15, -0.1) is 11.3 Å². The van der Waals surface area contributed by atoms with E-state index in [9.17, 15) is 4.79 Å². The molecule has 0 radical (unpaired) electrons. The van der Waals surface area contributed by atoms with Crippen molar-refractivity contribution in [3.8, 4) is 0 Å². The van der Waals surface area contributed by atoms with Crippen molar-refractivity contribution < 1.29 is 4.79 Å². The van der Waals surface area contributed by atoms with Crippen LogP contribution in [0, 0.1) is 0 Å². The second-order valence-corrected chi connectivity index (χ2v) is 6.80. The predicted molar refractivity (Wildman–Crippen MR) is 85.4 cm³/mol. The number of hydrogen-bond donors (Lipinski definition) is 2. The molecule has 2 rings (SSSR count). The second kappa shape index (κ2) is 7.79. The van der Waals surface area contributed by atoms with Crippen LogP contribution in [0.15, 0.2) is 6.07 Å². The van der Waals surface area contributed by atoms with Crippen LogP contribution < -0.4 is 11.1 Å². The Morgan fingerprint density at radius 2 is 2.20 bits per heavy atom. The van der Waals surface area contributed by atoms with E-state index in [0.717, 1.165) is 37.0 Å². The number of rotatable bonds is 6. The first-order valence-electron chi connectivity index (χ1n) is 7.87. The number of thiophene rings is 1. The fourth-order valence-electron chi connectivity index (χ4n) is 2.74. The summed E-state index contributed by atoms with van der Waals surface area (Å²) in [6, 6.07) is 2.22. The minimum atomic E-state index is 0.0645. The number of carbonyl (C=O) groups is 1. The Kier molecular flexibility index (Phi) is 6.05. The number of aryl methyl sites for hydroxylation is 2. The Labute approximate surface area is 125 Å². The molecule has 0 fully saturated rings. The second-order valence-electron chi connectivity index (χ2n) is 5.67. The van der Waals surface area contributed by atoms with E-state index in [0.29, 0.717) is 6.54 Å². The van der Waals surface area contributed by atoms with E-state index in [2.05, 4.69) is 18.3 Å². The summed E-state index contributed by atoms with van der Waals surface area (Å²) in [5, 5.41) is 3.09. The summed E-state index contributed by atoms with van der Waals surface area (Å²) in [6.07, 6.45) is 9.34. The summed E-state index contributed by atoms with van der Waals surface area (Å²) in [4.78, 5) is 14.6. The van der Waals surface area contributed by atoms with E-state index in [-0.39, 0.29) is 11.9 Å². The highest BCUT2D eigenvalue weighted by Gasteiger charge is 2.18. The number of carbonyl (C=O) groups excluding carboxylic acids is 1. The summed E-state index contributed by atoms with van der Waals surface area (Å²) in [5.74, 6) is 0.0645. The Morgan fingerprint density at radius 3 is 2.95 bits per heavy atom. The number of fused-ring (bicyclic) bond motifs is 1. The fourth-order valence-corrected chi connectivity index (χ4v) is 3.89.